The van der Waals surface area contributed by atoms with Crippen molar-refractivity contribution in [3.05, 3.63) is 29.6 Å². The topological polar surface area (TPSA) is 79.4 Å². The van der Waals surface area contributed by atoms with E-state index in [1.54, 1.807) is 0 Å². The van der Waals surface area contributed by atoms with Crippen LogP contribution in [-0.4, -0.2) is 49.5 Å². The van der Waals surface area contributed by atoms with E-state index >= 15 is 0 Å². The molecule has 0 spiro atoms. The second kappa shape index (κ2) is 6.66. The molecule has 1 amide bonds. The van der Waals surface area contributed by atoms with Crippen molar-refractivity contribution in [2.75, 3.05) is 25.9 Å². The lowest BCUT2D eigenvalue weighted by Crippen LogP contribution is -2.43. The fourth-order valence-electron chi connectivity index (χ4n) is 2.40. The molecule has 0 radical (unpaired) electrons. The number of halogens is 2. The lowest BCUT2D eigenvalue weighted by Gasteiger charge is -2.30. The van der Waals surface area contributed by atoms with Crippen LogP contribution in [0.5, 0.6) is 0 Å². The first-order valence-electron chi connectivity index (χ1n) is 6.81. The molecule has 1 fully saturated rings. The number of rotatable bonds is 4. The number of pyridine rings is 1. The first kappa shape index (κ1) is 16.8. The Morgan fingerprint density at radius 3 is 2.86 bits per heavy atom. The van der Waals surface area contributed by atoms with Gasteiger partial charge in [0, 0.05) is 25.7 Å². The minimum absolute atomic E-state index is 0.0454. The number of aromatic nitrogens is 1. The highest BCUT2D eigenvalue weighted by molar-refractivity contribution is 7.88. The van der Waals surface area contributed by atoms with Crippen LogP contribution in [0.3, 0.4) is 0 Å². The number of carbonyl (C=O) groups excluding carboxylic acids is 1. The van der Waals surface area contributed by atoms with E-state index in [4.69, 9.17) is 0 Å². The molecule has 0 aromatic carbocycles. The molecule has 1 saturated heterocycles. The normalized spacial score (nSPS) is 19.9. The zero-order valence-electron chi connectivity index (χ0n) is 12.1. The second-order valence-electron chi connectivity index (χ2n) is 5.32. The van der Waals surface area contributed by atoms with E-state index in [2.05, 4.69) is 10.3 Å². The summed E-state index contributed by atoms with van der Waals surface area (Å²) in [5.74, 6) is -2.67. The molecule has 1 atom stereocenters. The molecular weight excluding hydrogens is 316 g/mol. The lowest BCUT2D eigenvalue weighted by atomic mass is 10.00. The number of hydrogen-bond donors (Lipinski definition) is 1. The van der Waals surface area contributed by atoms with E-state index in [-0.39, 0.29) is 12.5 Å². The predicted octanol–water partition coefficient (Wildman–Crippen LogP) is 0.761. The monoisotopic (exact) mass is 333 g/mol. The molecule has 6 nitrogen and oxygen atoms in total. The molecule has 1 aromatic heterocycles. The molecule has 2 rings (SSSR count). The van der Waals surface area contributed by atoms with E-state index in [0.717, 1.165) is 18.9 Å². The van der Waals surface area contributed by atoms with Gasteiger partial charge in [-0.3, -0.25) is 4.79 Å². The molecule has 2 heterocycles. The molecule has 122 valence electrons. The van der Waals surface area contributed by atoms with Gasteiger partial charge in [-0.05, 0) is 18.8 Å². The van der Waals surface area contributed by atoms with Crippen LogP contribution < -0.4 is 5.32 Å². The summed E-state index contributed by atoms with van der Waals surface area (Å²) in [5.41, 5.74) is -0.475. The van der Waals surface area contributed by atoms with Crippen LogP contribution in [-0.2, 0) is 10.0 Å². The molecule has 0 aliphatic carbocycles. The first-order valence-corrected chi connectivity index (χ1v) is 8.66. The van der Waals surface area contributed by atoms with E-state index < -0.39 is 33.3 Å². The number of sulfonamides is 1. The predicted molar refractivity (Wildman–Crippen MR) is 75.6 cm³/mol. The van der Waals surface area contributed by atoms with Crippen molar-refractivity contribution in [1.82, 2.24) is 14.6 Å². The Bertz CT molecular complexity index is 666. The van der Waals surface area contributed by atoms with Gasteiger partial charge in [0.1, 0.15) is 5.82 Å². The molecule has 1 aromatic rings. The Labute approximate surface area is 127 Å². The minimum atomic E-state index is -3.25. The second-order valence-corrected chi connectivity index (χ2v) is 7.31. The summed E-state index contributed by atoms with van der Waals surface area (Å²) in [6.45, 7) is 0.999. The van der Waals surface area contributed by atoms with Gasteiger partial charge in [-0.25, -0.2) is 26.5 Å². The van der Waals surface area contributed by atoms with Crippen LogP contribution in [0, 0.1) is 17.6 Å². The molecule has 22 heavy (non-hydrogen) atoms. The van der Waals surface area contributed by atoms with Crippen molar-refractivity contribution < 1.29 is 22.0 Å². The third-order valence-electron chi connectivity index (χ3n) is 3.52. The van der Waals surface area contributed by atoms with Crippen LogP contribution in [0.1, 0.15) is 23.3 Å². The zero-order chi connectivity index (χ0) is 16.3. The zero-order valence-corrected chi connectivity index (χ0v) is 12.9. The fraction of sp³-hybridized carbons (Fsp3) is 0.538. The molecule has 0 bridgehead atoms. The van der Waals surface area contributed by atoms with Crippen molar-refractivity contribution in [1.29, 1.82) is 0 Å². The van der Waals surface area contributed by atoms with Crippen LogP contribution in [0.15, 0.2) is 12.3 Å². The highest BCUT2D eigenvalue weighted by atomic mass is 32.2. The maximum Gasteiger partial charge on any atom is 0.272 e. The maximum absolute atomic E-state index is 13.4. The summed E-state index contributed by atoms with van der Waals surface area (Å²) in [6.07, 6.45) is 3.39. The third kappa shape index (κ3) is 4.20. The average Bonchev–Trinajstić information content (AvgIpc) is 2.44. The summed E-state index contributed by atoms with van der Waals surface area (Å²) in [7, 11) is -3.25. The Kier molecular flexibility index (Phi) is 5.07. The van der Waals surface area contributed by atoms with Gasteiger partial charge in [-0.15, -0.1) is 0 Å². The first-order chi connectivity index (χ1) is 10.3. The smallest absolute Gasteiger partial charge is 0.272 e. The summed E-state index contributed by atoms with van der Waals surface area (Å²) in [4.78, 5) is 15.3. The largest absolute Gasteiger partial charge is 0.350 e. The van der Waals surface area contributed by atoms with Crippen molar-refractivity contribution in [3.8, 4) is 0 Å². The van der Waals surface area contributed by atoms with Crippen molar-refractivity contribution in [2.45, 2.75) is 12.8 Å². The van der Waals surface area contributed by atoms with E-state index in [9.17, 15) is 22.0 Å². The van der Waals surface area contributed by atoms with Crippen molar-refractivity contribution >= 4 is 15.9 Å². The van der Waals surface area contributed by atoms with Crippen LogP contribution in [0.4, 0.5) is 8.78 Å². The molecular formula is C13H17F2N3O3S. The number of nitrogens with one attached hydrogen (secondary N) is 1. The molecule has 1 N–H and O–H groups in total. The van der Waals surface area contributed by atoms with E-state index in [0.29, 0.717) is 25.6 Å². The van der Waals surface area contributed by atoms with Gasteiger partial charge >= 0.3 is 0 Å². The van der Waals surface area contributed by atoms with Gasteiger partial charge in [0.15, 0.2) is 11.5 Å². The molecule has 1 aliphatic rings. The maximum atomic E-state index is 13.4. The SMILES string of the molecule is CS(=O)(=O)N1CCCC(CNC(=O)c2ncc(F)cc2F)C1. The number of amides is 1. The van der Waals surface area contributed by atoms with Crippen molar-refractivity contribution in [3.63, 3.8) is 0 Å². The van der Waals surface area contributed by atoms with Gasteiger partial charge in [0.25, 0.3) is 5.91 Å². The molecule has 1 aliphatic heterocycles. The van der Waals surface area contributed by atoms with Gasteiger partial charge in [0.05, 0.1) is 12.5 Å². The number of hydrogen-bond acceptors (Lipinski definition) is 4. The Hall–Kier alpha value is -1.61. The Morgan fingerprint density at radius 2 is 2.23 bits per heavy atom. The van der Waals surface area contributed by atoms with Gasteiger partial charge in [-0.1, -0.05) is 0 Å². The fourth-order valence-corrected chi connectivity index (χ4v) is 3.34. The summed E-state index contributed by atoms with van der Waals surface area (Å²) in [5, 5.41) is 2.52. The highest BCUT2D eigenvalue weighted by Crippen LogP contribution is 2.18. The summed E-state index contributed by atoms with van der Waals surface area (Å²) < 4.78 is 50.6. The van der Waals surface area contributed by atoms with Gasteiger partial charge in [-0.2, -0.15) is 0 Å². The summed E-state index contributed by atoms with van der Waals surface area (Å²) >= 11 is 0. The Morgan fingerprint density at radius 1 is 1.50 bits per heavy atom. The quantitative estimate of drug-likeness (QED) is 0.882. The van der Waals surface area contributed by atoms with Crippen LogP contribution in [0.25, 0.3) is 0 Å². The average molecular weight is 333 g/mol. The molecule has 9 heteroatoms. The van der Waals surface area contributed by atoms with Crippen LogP contribution in [0.2, 0.25) is 0 Å². The minimum Gasteiger partial charge on any atom is -0.350 e. The van der Waals surface area contributed by atoms with Gasteiger partial charge < -0.3 is 5.32 Å². The Balaban J connectivity index is 1.93. The molecule has 0 saturated carbocycles. The summed E-state index contributed by atoms with van der Waals surface area (Å²) in [6, 6.07) is 0.591. The number of nitrogens with zero attached hydrogens (tertiary/aromatic N) is 2. The third-order valence-corrected chi connectivity index (χ3v) is 4.79. The van der Waals surface area contributed by atoms with Gasteiger partial charge in [0.2, 0.25) is 10.0 Å². The van der Waals surface area contributed by atoms with E-state index in [1.807, 2.05) is 0 Å². The molecule has 1 unspecified atom stereocenters. The van der Waals surface area contributed by atoms with Crippen LogP contribution >= 0.6 is 0 Å². The highest BCUT2D eigenvalue weighted by Gasteiger charge is 2.26. The number of carbonyl (C=O) groups is 1. The van der Waals surface area contributed by atoms with E-state index in [1.165, 1.54) is 4.31 Å². The lowest BCUT2D eigenvalue weighted by molar-refractivity contribution is 0.0932. The number of piperidine rings is 1. The standard InChI is InChI=1S/C13H17F2N3O3S/c1-22(20,21)18-4-2-3-9(8-18)6-17-13(19)12-11(15)5-10(14)7-16-12/h5,7,9H,2-4,6,8H2,1H3,(H,17,19). The van der Waals surface area contributed by atoms with Crippen molar-refractivity contribution in [2.24, 2.45) is 5.92 Å².